The Bertz CT molecular complexity index is 730. The highest BCUT2D eigenvalue weighted by atomic mass is 19.1. The van der Waals surface area contributed by atoms with Gasteiger partial charge in [-0.1, -0.05) is 25.5 Å². The third-order valence-corrected chi connectivity index (χ3v) is 3.95. The number of hydrogen-bond acceptors (Lipinski definition) is 4. The van der Waals surface area contributed by atoms with Gasteiger partial charge in [0.25, 0.3) is 0 Å². The van der Waals surface area contributed by atoms with E-state index in [0.29, 0.717) is 25.1 Å². The Morgan fingerprint density at radius 1 is 1.04 bits per heavy atom. The normalized spacial score (nSPS) is 10.3. The zero-order valence-electron chi connectivity index (χ0n) is 15.5. The Morgan fingerprint density at radius 3 is 2.41 bits per heavy atom. The number of nitrogens with one attached hydrogen (secondary N) is 2. The van der Waals surface area contributed by atoms with Crippen LogP contribution in [-0.4, -0.2) is 31.6 Å². The summed E-state index contributed by atoms with van der Waals surface area (Å²) in [4.78, 5) is 23.7. The predicted octanol–water partition coefficient (Wildman–Crippen LogP) is 3.55. The van der Waals surface area contributed by atoms with Crippen LogP contribution in [-0.2, 0) is 16.0 Å². The van der Waals surface area contributed by atoms with Crippen LogP contribution in [0.4, 0.5) is 10.1 Å². The molecule has 0 heterocycles. The molecule has 5 nitrogen and oxygen atoms in total. The van der Waals surface area contributed by atoms with Gasteiger partial charge in [0.2, 0.25) is 5.91 Å². The molecule has 2 aromatic rings. The van der Waals surface area contributed by atoms with Gasteiger partial charge in [-0.15, -0.1) is 0 Å². The SMILES string of the molecule is CCCCOC(=O)c1ccc(NCC(=O)NCCc2ccc(F)cc2)cc1. The molecular weight excluding hydrogens is 347 g/mol. The van der Waals surface area contributed by atoms with Gasteiger partial charge in [-0.25, -0.2) is 9.18 Å². The van der Waals surface area contributed by atoms with Gasteiger partial charge in [0.15, 0.2) is 0 Å². The molecule has 0 aliphatic rings. The van der Waals surface area contributed by atoms with Crippen molar-refractivity contribution in [1.82, 2.24) is 5.32 Å². The molecule has 0 aliphatic heterocycles. The van der Waals surface area contributed by atoms with Crippen molar-refractivity contribution in [2.24, 2.45) is 0 Å². The molecule has 2 rings (SSSR count). The monoisotopic (exact) mass is 372 g/mol. The second-order valence-electron chi connectivity index (χ2n) is 6.15. The summed E-state index contributed by atoms with van der Waals surface area (Å²) in [6.07, 6.45) is 2.46. The van der Waals surface area contributed by atoms with Gasteiger partial charge in [-0.2, -0.15) is 0 Å². The van der Waals surface area contributed by atoms with Crippen LogP contribution < -0.4 is 10.6 Å². The molecule has 0 saturated carbocycles. The number of anilines is 1. The lowest BCUT2D eigenvalue weighted by Gasteiger charge is -2.09. The van der Waals surface area contributed by atoms with Crippen molar-refractivity contribution < 1.29 is 18.7 Å². The molecular formula is C21H25FN2O3. The first-order valence-electron chi connectivity index (χ1n) is 9.10. The van der Waals surface area contributed by atoms with Crippen LogP contribution in [0.3, 0.4) is 0 Å². The smallest absolute Gasteiger partial charge is 0.338 e. The van der Waals surface area contributed by atoms with Crippen molar-refractivity contribution in [3.63, 3.8) is 0 Å². The average Bonchev–Trinajstić information content (AvgIpc) is 2.68. The quantitative estimate of drug-likeness (QED) is 0.494. The number of rotatable bonds is 10. The number of unbranched alkanes of at least 4 members (excludes halogenated alkanes) is 1. The van der Waals surface area contributed by atoms with E-state index in [-0.39, 0.29) is 24.2 Å². The van der Waals surface area contributed by atoms with Gasteiger partial charge >= 0.3 is 5.97 Å². The summed E-state index contributed by atoms with van der Waals surface area (Å²) >= 11 is 0. The average molecular weight is 372 g/mol. The van der Waals surface area contributed by atoms with Crippen LogP contribution in [0.15, 0.2) is 48.5 Å². The molecule has 0 unspecified atom stereocenters. The van der Waals surface area contributed by atoms with Crippen molar-refractivity contribution in [2.45, 2.75) is 26.2 Å². The summed E-state index contributed by atoms with van der Waals surface area (Å²) in [5.41, 5.74) is 2.19. The maximum atomic E-state index is 12.8. The standard InChI is InChI=1S/C21H25FN2O3/c1-2-3-14-27-21(26)17-6-10-19(11-7-17)24-15-20(25)23-13-12-16-4-8-18(22)9-5-16/h4-11,24H,2-3,12-15H2,1H3,(H,23,25). The highest BCUT2D eigenvalue weighted by Gasteiger charge is 2.07. The van der Waals surface area contributed by atoms with Crippen molar-refractivity contribution in [3.8, 4) is 0 Å². The fourth-order valence-electron chi connectivity index (χ4n) is 2.36. The minimum absolute atomic E-state index is 0.129. The van der Waals surface area contributed by atoms with Gasteiger partial charge in [0, 0.05) is 12.2 Å². The zero-order valence-corrected chi connectivity index (χ0v) is 15.5. The molecule has 0 bridgehead atoms. The Hall–Kier alpha value is -2.89. The molecule has 6 heteroatoms. The van der Waals surface area contributed by atoms with E-state index in [1.807, 2.05) is 6.92 Å². The Kier molecular flexibility index (Phi) is 8.29. The van der Waals surface area contributed by atoms with E-state index in [4.69, 9.17) is 4.74 Å². The summed E-state index contributed by atoms with van der Waals surface area (Å²) < 4.78 is 18.0. The molecule has 144 valence electrons. The van der Waals surface area contributed by atoms with Crippen LogP contribution in [0.5, 0.6) is 0 Å². The number of esters is 1. The lowest BCUT2D eigenvalue weighted by Crippen LogP contribution is -2.31. The highest BCUT2D eigenvalue weighted by Crippen LogP contribution is 2.10. The van der Waals surface area contributed by atoms with E-state index >= 15 is 0 Å². The van der Waals surface area contributed by atoms with Gasteiger partial charge in [-0.05, 0) is 54.8 Å². The number of carbonyl (C=O) groups is 2. The van der Waals surface area contributed by atoms with E-state index in [1.54, 1.807) is 36.4 Å². The first-order chi connectivity index (χ1) is 13.1. The topological polar surface area (TPSA) is 67.4 Å². The van der Waals surface area contributed by atoms with E-state index in [1.165, 1.54) is 12.1 Å². The predicted molar refractivity (Wildman–Crippen MR) is 103 cm³/mol. The van der Waals surface area contributed by atoms with Crippen LogP contribution in [0.1, 0.15) is 35.7 Å². The van der Waals surface area contributed by atoms with Gasteiger partial charge < -0.3 is 15.4 Å². The van der Waals surface area contributed by atoms with Crippen LogP contribution in [0.25, 0.3) is 0 Å². The summed E-state index contributed by atoms with van der Waals surface area (Å²) in [5.74, 6) is -0.749. The van der Waals surface area contributed by atoms with Gasteiger partial charge in [0.1, 0.15) is 5.82 Å². The maximum Gasteiger partial charge on any atom is 0.338 e. The summed E-state index contributed by atoms with van der Waals surface area (Å²) in [7, 11) is 0. The summed E-state index contributed by atoms with van der Waals surface area (Å²) in [6.45, 7) is 3.07. The fourth-order valence-corrected chi connectivity index (χ4v) is 2.36. The molecule has 2 N–H and O–H groups in total. The number of carbonyl (C=O) groups excluding carboxylic acids is 2. The first-order valence-corrected chi connectivity index (χ1v) is 9.10. The van der Waals surface area contributed by atoms with Crippen molar-refractivity contribution in [2.75, 3.05) is 25.0 Å². The second-order valence-corrected chi connectivity index (χ2v) is 6.15. The zero-order chi connectivity index (χ0) is 19.5. The molecule has 0 aromatic heterocycles. The lowest BCUT2D eigenvalue weighted by molar-refractivity contribution is -0.119. The Morgan fingerprint density at radius 2 is 1.74 bits per heavy atom. The molecule has 0 fully saturated rings. The molecule has 27 heavy (non-hydrogen) atoms. The molecule has 0 atom stereocenters. The van der Waals surface area contributed by atoms with Crippen molar-refractivity contribution in [3.05, 3.63) is 65.5 Å². The number of hydrogen-bond donors (Lipinski definition) is 2. The van der Waals surface area contributed by atoms with E-state index in [9.17, 15) is 14.0 Å². The number of benzene rings is 2. The van der Waals surface area contributed by atoms with Crippen molar-refractivity contribution >= 4 is 17.6 Å². The van der Waals surface area contributed by atoms with E-state index in [2.05, 4.69) is 10.6 Å². The number of ether oxygens (including phenoxy) is 1. The molecule has 0 saturated heterocycles. The van der Waals surface area contributed by atoms with Crippen LogP contribution in [0.2, 0.25) is 0 Å². The molecule has 2 aromatic carbocycles. The number of halogens is 1. The largest absolute Gasteiger partial charge is 0.462 e. The maximum absolute atomic E-state index is 12.8. The molecule has 1 amide bonds. The van der Waals surface area contributed by atoms with Crippen molar-refractivity contribution in [1.29, 1.82) is 0 Å². The van der Waals surface area contributed by atoms with Crippen LogP contribution in [0, 0.1) is 5.82 Å². The Balaban J connectivity index is 1.68. The van der Waals surface area contributed by atoms with Gasteiger partial charge in [-0.3, -0.25) is 4.79 Å². The number of amides is 1. The van der Waals surface area contributed by atoms with Crippen LogP contribution >= 0.6 is 0 Å². The third kappa shape index (κ3) is 7.48. The minimum atomic E-state index is -0.339. The molecule has 0 spiro atoms. The van der Waals surface area contributed by atoms with E-state index < -0.39 is 0 Å². The van der Waals surface area contributed by atoms with E-state index in [0.717, 1.165) is 24.1 Å². The summed E-state index contributed by atoms with van der Waals surface area (Å²) in [5, 5.41) is 5.81. The summed E-state index contributed by atoms with van der Waals surface area (Å²) in [6, 6.07) is 13.0. The highest BCUT2D eigenvalue weighted by molar-refractivity contribution is 5.90. The first kappa shape index (κ1) is 20.4. The minimum Gasteiger partial charge on any atom is -0.462 e. The fraction of sp³-hybridized carbons (Fsp3) is 0.333. The van der Waals surface area contributed by atoms with Gasteiger partial charge in [0.05, 0.1) is 18.7 Å². The molecule has 0 aliphatic carbocycles. The molecule has 0 radical (unpaired) electrons. The lowest BCUT2D eigenvalue weighted by atomic mass is 10.1. The Labute approximate surface area is 158 Å². The second kappa shape index (κ2) is 11.0. The third-order valence-electron chi connectivity index (χ3n) is 3.95.